The number of rotatable bonds is 4. The molecule has 22 heavy (non-hydrogen) atoms. The summed E-state index contributed by atoms with van der Waals surface area (Å²) in [6.07, 6.45) is 0.856. The van der Waals surface area contributed by atoms with E-state index < -0.39 is 0 Å². The van der Waals surface area contributed by atoms with Crippen molar-refractivity contribution in [3.05, 3.63) is 53.1 Å². The Morgan fingerprint density at radius 3 is 2.68 bits per heavy atom. The molecule has 1 aliphatic heterocycles. The quantitative estimate of drug-likeness (QED) is 0.856. The maximum absolute atomic E-state index is 6.05. The van der Waals surface area contributed by atoms with Crippen LogP contribution in [0, 0.1) is 0 Å². The van der Waals surface area contributed by atoms with E-state index in [0.717, 1.165) is 41.4 Å². The standard InChI is InChI=1S/C17H17ClN2O2/c1-21-14-6-7-15(17(11-14)22-2)16-8-9-20(19-16)13-5-3-4-12(18)10-13/h3-7,10-11H,8-9H2,1-2H3. The fourth-order valence-corrected chi connectivity index (χ4v) is 2.69. The van der Waals surface area contributed by atoms with Gasteiger partial charge >= 0.3 is 0 Å². The molecule has 0 bridgehead atoms. The summed E-state index contributed by atoms with van der Waals surface area (Å²) in [6, 6.07) is 13.5. The van der Waals surface area contributed by atoms with Crippen LogP contribution < -0.4 is 14.5 Å². The van der Waals surface area contributed by atoms with Gasteiger partial charge in [0.15, 0.2) is 0 Å². The van der Waals surface area contributed by atoms with E-state index in [0.29, 0.717) is 5.02 Å². The largest absolute Gasteiger partial charge is 0.497 e. The lowest BCUT2D eigenvalue weighted by molar-refractivity contribution is 0.394. The average molecular weight is 317 g/mol. The van der Waals surface area contributed by atoms with E-state index in [-0.39, 0.29) is 0 Å². The van der Waals surface area contributed by atoms with Crippen molar-refractivity contribution in [2.75, 3.05) is 25.8 Å². The maximum atomic E-state index is 6.05. The van der Waals surface area contributed by atoms with Crippen LogP contribution in [0.3, 0.4) is 0 Å². The van der Waals surface area contributed by atoms with Gasteiger partial charge in [-0.2, -0.15) is 5.10 Å². The molecule has 0 radical (unpaired) electrons. The van der Waals surface area contributed by atoms with Crippen molar-refractivity contribution >= 4 is 23.0 Å². The fourth-order valence-electron chi connectivity index (χ4n) is 2.51. The first-order chi connectivity index (χ1) is 10.7. The highest BCUT2D eigenvalue weighted by atomic mass is 35.5. The number of halogens is 1. The van der Waals surface area contributed by atoms with Crippen molar-refractivity contribution in [2.45, 2.75) is 6.42 Å². The van der Waals surface area contributed by atoms with Crippen LogP contribution in [-0.2, 0) is 0 Å². The van der Waals surface area contributed by atoms with E-state index in [9.17, 15) is 0 Å². The number of methoxy groups -OCH3 is 2. The van der Waals surface area contributed by atoms with Crippen molar-refractivity contribution < 1.29 is 9.47 Å². The number of hydrogen-bond donors (Lipinski definition) is 0. The van der Waals surface area contributed by atoms with Crippen molar-refractivity contribution in [1.29, 1.82) is 0 Å². The summed E-state index contributed by atoms with van der Waals surface area (Å²) in [6.45, 7) is 0.824. The van der Waals surface area contributed by atoms with Crippen LogP contribution in [0.5, 0.6) is 11.5 Å². The molecule has 0 atom stereocenters. The van der Waals surface area contributed by atoms with E-state index in [1.165, 1.54) is 0 Å². The third-order valence-electron chi connectivity index (χ3n) is 3.63. The van der Waals surface area contributed by atoms with E-state index >= 15 is 0 Å². The Bertz CT molecular complexity index is 716. The molecule has 0 aliphatic carbocycles. The summed E-state index contributed by atoms with van der Waals surface area (Å²) in [7, 11) is 3.30. The summed E-state index contributed by atoms with van der Waals surface area (Å²) in [5, 5.41) is 7.38. The van der Waals surface area contributed by atoms with Gasteiger partial charge in [0.1, 0.15) is 11.5 Å². The van der Waals surface area contributed by atoms with Crippen molar-refractivity contribution in [3.8, 4) is 11.5 Å². The Hall–Kier alpha value is -2.20. The highest BCUT2D eigenvalue weighted by molar-refractivity contribution is 6.30. The lowest BCUT2D eigenvalue weighted by Crippen LogP contribution is -2.11. The molecule has 0 saturated heterocycles. The maximum Gasteiger partial charge on any atom is 0.131 e. The second kappa shape index (κ2) is 6.28. The highest BCUT2D eigenvalue weighted by Crippen LogP contribution is 2.30. The number of nitrogens with zero attached hydrogens (tertiary/aromatic N) is 2. The SMILES string of the molecule is COc1ccc(C2=NN(c3cccc(Cl)c3)CC2)c(OC)c1. The van der Waals surface area contributed by atoms with E-state index in [1.807, 2.05) is 47.5 Å². The van der Waals surface area contributed by atoms with Crippen LogP contribution in [-0.4, -0.2) is 26.5 Å². The highest BCUT2D eigenvalue weighted by Gasteiger charge is 2.20. The molecule has 4 nitrogen and oxygen atoms in total. The number of anilines is 1. The first kappa shape index (κ1) is 14.7. The number of ether oxygens (including phenoxy) is 2. The minimum atomic E-state index is 0.711. The number of benzene rings is 2. The topological polar surface area (TPSA) is 34.1 Å². The molecule has 5 heteroatoms. The van der Waals surface area contributed by atoms with Crippen molar-refractivity contribution in [3.63, 3.8) is 0 Å². The molecule has 0 spiro atoms. The third-order valence-corrected chi connectivity index (χ3v) is 3.86. The molecule has 0 saturated carbocycles. The van der Waals surface area contributed by atoms with E-state index in [4.69, 9.17) is 26.2 Å². The summed E-state index contributed by atoms with van der Waals surface area (Å²) in [4.78, 5) is 0. The second-order valence-corrected chi connectivity index (χ2v) is 5.40. The van der Waals surface area contributed by atoms with Gasteiger partial charge in [-0.25, -0.2) is 0 Å². The first-order valence-corrected chi connectivity index (χ1v) is 7.42. The van der Waals surface area contributed by atoms with Gasteiger partial charge in [0.25, 0.3) is 0 Å². The van der Waals surface area contributed by atoms with Crippen LogP contribution in [0.15, 0.2) is 47.6 Å². The van der Waals surface area contributed by atoms with E-state index in [1.54, 1.807) is 14.2 Å². The first-order valence-electron chi connectivity index (χ1n) is 7.04. The zero-order valence-corrected chi connectivity index (χ0v) is 13.3. The minimum Gasteiger partial charge on any atom is -0.497 e. The Labute approximate surface area is 134 Å². The monoisotopic (exact) mass is 316 g/mol. The number of hydrogen-bond acceptors (Lipinski definition) is 4. The molecule has 0 N–H and O–H groups in total. The molecular formula is C17H17ClN2O2. The minimum absolute atomic E-state index is 0.711. The fraction of sp³-hybridized carbons (Fsp3) is 0.235. The van der Waals surface area contributed by atoms with Gasteiger partial charge in [0.2, 0.25) is 0 Å². The van der Waals surface area contributed by atoms with E-state index in [2.05, 4.69) is 0 Å². The van der Waals surface area contributed by atoms with Crippen LogP contribution >= 0.6 is 11.6 Å². The predicted molar refractivity (Wildman–Crippen MR) is 89.5 cm³/mol. The third kappa shape index (κ3) is 2.88. The molecule has 1 heterocycles. The van der Waals surface area contributed by atoms with Crippen LogP contribution in [0.1, 0.15) is 12.0 Å². The lowest BCUT2D eigenvalue weighted by Gasteiger charge is -2.13. The Balaban J connectivity index is 1.92. The van der Waals surface area contributed by atoms with Gasteiger partial charge in [-0.05, 0) is 30.3 Å². The summed E-state index contributed by atoms with van der Waals surface area (Å²) < 4.78 is 10.7. The lowest BCUT2D eigenvalue weighted by atomic mass is 10.1. The number of hydrazone groups is 1. The predicted octanol–water partition coefficient (Wildman–Crippen LogP) is 3.97. The van der Waals surface area contributed by atoms with Gasteiger partial charge in [-0.15, -0.1) is 0 Å². The van der Waals surface area contributed by atoms with Crippen LogP contribution in [0.2, 0.25) is 5.02 Å². The summed E-state index contributed by atoms with van der Waals surface area (Å²) in [5.41, 5.74) is 2.99. The van der Waals surface area contributed by atoms with Gasteiger partial charge < -0.3 is 9.47 Å². The molecule has 114 valence electrons. The van der Waals surface area contributed by atoms with Crippen LogP contribution in [0.4, 0.5) is 5.69 Å². The molecule has 1 aliphatic rings. The zero-order valence-electron chi connectivity index (χ0n) is 12.5. The molecule has 0 unspecified atom stereocenters. The molecule has 0 fully saturated rings. The smallest absolute Gasteiger partial charge is 0.131 e. The Morgan fingerprint density at radius 1 is 1.09 bits per heavy atom. The summed E-state index contributed by atoms with van der Waals surface area (Å²) in [5.74, 6) is 1.54. The average Bonchev–Trinajstić information content (AvgIpc) is 3.04. The van der Waals surface area contributed by atoms with Crippen molar-refractivity contribution in [2.24, 2.45) is 5.10 Å². The zero-order chi connectivity index (χ0) is 15.5. The normalized spacial score (nSPS) is 14.0. The van der Waals surface area contributed by atoms with Gasteiger partial charge in [-0.1, -0.05) is 17.7 Å². The van der Waals surface area contributed by atoms with Gasteiger partial charge in [0, 0.05) is 29.6 Å². The molecule has 0 aromatic heterocycles. The molecule has 3 rings (SSSR count). The summed E-state index contributed by atoms with van der Waals surface area (Å²) >= 11 is 6.05. The van der Waals surface area contributed by atoms with Crippen LogP contribution in [0.25, 0.3) is 0 Å². The molecular weight excluding hydrogens is 300 g/mol. The Morgan fingerprint density at radius 2 is 1.95 bits per heavy atom. The van der Waals surface area contributed by atoms with Gasteiger partial charge in [-0.3, -0.25) is 5.01 Å². The second-order valence-electron chi connectivity index (χ2n) is 4.97. The molecule has 2 aromatic rings. The van der Waals surface area contributed by atoms with Crippen molar-refractivity contribution in [1.82, 2.24) is 0 Å². The Kier molecular flexibility index (Phi) is 4.20. The molecule has 0 amide bonds. The molecule has 2 aromatic carbocycles. The van der Waals surface area contributed by atoms with Gasteiger partial charge in [0.05, 0.1) is 25.6 Å².